The van der Waals surface area contributed by atoms with Gasteiger partial charge in [-0.15, -0.1) is 0 Å². The Bertz CT molecular complexity index is 1060. The lowest BCUT2D eigenvalue weighted by molar-refractivity contribution is -0.121. The number of carbonyl (C=O) groups is 2. The van der Waals surface area contributed by atoms with Crippen molar-refractivity contribution < 1.29 is 14.3 Å². The summed E-state index contributed by atoms with van der Waals surface area (Å²) in [7, 11) is 1.60. The van der Waals surface area contributed by atoms with E-state index in [4.69, 9.17) is 4.74 Å². The fourth-order valence-corrected chi connectivity index (χ4v) is 4.69. The van der Waals surface area contributed by atoms with Gasteiger partial charge in [-0.05, 0) is 61.4 Å². The molecule has 2 amide bonds. The summed E-state index contributed by atoms with van der Waals surface area (Å²) in [6, 6.07) is 25.1. The van der Waals surface area contributed by atoms with Gasteiger partial charge in [-0.2, -0.15) is 0 Å². The van der Waals surface area contributed by atoms with Gasteiger partial charge in [0.25, 0.3) is 5.91 Å². The van der Waals surface area contributed by atoms with Crippen molar-refractivity contribution in [3.63, 3.8) is 0 Å². The van der Waals surface area contributed by atoms with E-state index >= 15 is 0 Å². The number of para-hydroxylation sites is 1. The molecule has 164 valence electrons. The van der Waals surface area contributed by atoms with Crippen molar-refractivity contribution in [2.24, 2.45) is 5.92 Å². The van der Waals surface area contributed by atoms with Gasteiger partial charge in [0.15, 0.2) is 0 Å². The van der Waals surface area contributed by atoms with Gasteiger partial charge in [0.05, 0.1) is 12.8 Å². The van der Waals surface area contributed by atoms with Gasteiger partial charge in [-0.3, -0.25) is 9.59 Å². The summed E-state index contributed by atoms with van der Waals surface area (Å²) < 4.78 is 5.15. The monoisotopic (exact) mass is 446 g/mol. The highest BCUT2D eigenvalue weighted by atomic mass is 32.2. The first kappa shape index (κ1) is 22.0. The number of benzene rings is 3. The Kier molecular flexibility index (Phi) is 7.12. The zero-order chi connectivity index (χ0) is 22.3. The number of ether oxygens (including phenoxy) is 1. The highest BCUT2D eigenvalue weighted by Crippen LogP contribution is 2.33. The molecule has 32 heavy (non-hydrogen) atoms. The van der Waals surface area contributed by atoms with E-state index in [1.165, 1.54) is 0 Å². The summed E-state index contributed by atoms with van der Waals surface area (Å²) in [4.78, 5) is 29.7. The molecule has 3 aromatic rings. The maximum Gasteiger partial charge on any atom is 0.253 e. The fourth-order valence-electron chi connectivity index (χ4n) is 3.77. The molecule has 1 aliphatic rings. The van der Waals surface area contributed by atoms with Crippen molar-refractivity contribution in [3.8, 4) is 5.75 Å². The molecule has 0 saturated carbocycles. The molecular weight excluding hydrogens is 420 g/mol. The highest BCUT2D eigenvalue weighted by molar-refractivity contribution is 7.99. The molecule has 0 unspecified atom stereocenters. The number of nitrogens with one attached hydrogen (secondary N) is 1. The normalized spacial score (nSPS) is 14.1. The van der Waals surface area contributed by atoms with Gasteiger partial charge in [-0.1, -0.05) is 42.1 Å². The topological polar surface area (TPSA) is 58.6 Å². The summed E-state index contributed by atoms with van der Waals surface area (Å²) in [5, 5.41) is 3.11. The van der Waals surface area contributed by atoms with Gasteiger partial charge < -0.3 is 15.0 Å². The second-order valence-corrected chi connectivity index (χ2v) is 8.81. The second kappa shape index (κ2) is 10.4. The summed E-state index contributed by atoms with van der Waals surface area (Å²) >= 11 is 1.63. The van der Waals surface area contributed by atoms with Crippen molar-refractivity contribution in [3.05, 3.63) is 84.4 Å². The average molecular weight is 447 g/mol. The van der Waals surface area contributed by atoms with Crippen LogP contribution in [0.5, 0.6) is 5.75 Å². The van der Waals surface area contributed by atoms with Gasteiger partial charge in [0, 0.05) is 34.4 Å². The number of anilines is 1. The lowest BCUT2D eigenvalue weighted by atomic mass is 9.95. The predicted molar refractivity (Wildman–Crippen MR) is 127 cm³/mol. The third kappa shape index (κ3) is 5.32. The number of carbonyl (C=O) groups excluding carboxylic acids is 2. The van der Waals surface area contributed by atoms with Crippen LogP contribution in [-0.4, -0.2) is 36.9 Å². The Hall–Kier alpha value is -3.25. The molecule has 1 N–H and O–H groups in total. The van der Waals surface area contributed by atoms with Crippen LogP contribution in [0.15, 0.2) is 88.7 Å². The van der Waals surface area contributed by atoms with Gasteiger partial charge in [0.1, 0.15) is 5.75 Å². The molecule has 1 heterocycles. The molecular formula is C26H26N2O3S. The molecule has 0 bridgehead atoms. The minimum Gasteiger partial charge on any atom is -0.497 e. The van der Waals surface area contributed by atoms with Crippen LogP contribution in [0.4, 0.5) is 5.69 Å². The van der Waals surface area contributed by atoms with Crippen LogP contribution in [0, 0.1) is 5.92 Å². The van der Waals surface area contributed by atoms with E-state index in [-0.39, 0.29) is 17.7 Å². The summed E-state index contributed by atoms with van der Waals surface area (Å²) in [5.41, 5.74) is 1.46. The molecule has 5 nitrogen and oxygen atoms in total. The number of amides is 2. The van der Waals surface area contributed by atoms with E-state index in [9.17, 15) is 9.59 Å². The second-order valence-electron chi connectivity index (χ2n) is 7.70. The Morgan fingerprint density at radius 3 is 2.25 bits per heavy atom. The first-order chi connectivity index (χ1) is 15.6. The Morgan fingerprint density at radius 2 is 1.56 bits per heavy atom. The number of likely N-dealkylation sites (tertiary alicyclic amines) is 1. The first-order valence-corrected chi connectivity index (χ1v) is 11.5. The van der Waals surface area contributed by atoms with Crippen LogP contribution in [0.3, 0.4) is 0 Å². The third-order valence-corrected chi connectivity index (χ3v) is 6.69. The molecule has 1 saturated heterocycles. The van der Waals surface area contributed by atoms with Crippen molar-refractivity contribution in [2.45, 2.75) is 22.6 Å². The van der Waals surface area contributed by atoms with Gasteiger partial charge in [0.2, 0.25) is 5.91 Å². The molecule has 0 atom stereocenters. The number of hydrogen-bond donors (Lipinski definition) is 1. The van der Waals surface area contributed by atoms with Crippen molar-refractivity contribution in [1.82, 2.24) is 4.90 Å². The zero-order valence-corrected chi connectivity index (χ0v) is 18.8. The quantitative estimate of drug-likeness (QED) is 0.555. The molecule has 3 aromatic carbocycles. The number of methoxy groups -OCH3 is 1. The summed E-state index contributed by atoms with van der Waals surface area (Å²) in [6.07, 6.45) is 1.31. The van der Waals surface area contributed by atoms with Gasteiger partial charge in [-0.25, -0.2) is 0 Å². The molecule has 1 aliphatic heterocycles. The predicted octanol–water partition coefficient (Wildman–Crippen LogP) is 5.34. The number of rotatable bonds is 6. The highest BCUT2D eigenvalue weighted by Gasteiger charge is 2.28. The number of hydrogen-bond acceptors (Lipinski definition) is 4. The maximum absolute atomic E-state index is 13.0. The number of nitrogens with zero attached hydrogens (tertiary/aromatic N) is 1. The fraction of sp³-hybridized carbons (Fsp3) is 0.231. The van der Waals surface area contributed by atoms with E-state index in [1.54, 1.807) is 43.1 Å². The maximum atomic E-state index is 13.0. The molecule has 0 radical (unpaired) electrons. The number of piperidine rings is 1. The summed E-state index contributed by atoms with van der Waals surface area (Å²) in [6.45, 7) is 1.15. The molecule has 0 spiro atoms. The lowest BCUT2D eigenvalue weighted by Crippen LogP contribution is -2.41. The van der Waals surface area contributed by atoms with E-state index in [0.717, 1.165) is 21.2 Å². The van der Waals surface area contributed by atoms with E-state index < -0.39 is 0 Å². The first-order valence-electron chi connectivity index (χ1n) is 10.7. The van der Waals surface area contributed by atoms with Crippen LogP contribution in [0.1, 0.15) is 23.2 Å². The Labute approximate surface area is 192 Å². The standard InChI is InChI=1S/C26H26N2O3S/c1-31-21-13-11-20(12-14-21)26(30)28-17-15-19(16-18-28)25(29)27-23-9-5-6-10-24(23)32-22-7-3-2-4-8-22/h2-14,19H,15-18H2,1H3,(H,27,29). The van der Waals surface area contributed by atoms with Crippen molar-refractivity contribution in [1.29, 1.82) is 0 Å². The van der Waals surface area contributed by atoms with Crippen LogP contribution >= 0.6 is 11.8 Å². The SMILES string of the molecule is COc1ccc(C(=O)N2CCC(C(=O)Nc3ccccc3Sc3ccccc3)CC2)cc1. The Morgan fingerprint density at radius 1 is 0.906 bits per heavy atom. The minimum atomic E-state index is -0.107. The molecule has 0 aliphatic carbocycles. The van der Waals surface area contributed by atoms with Crippen LogP contribution in [0.25, 0.3) is 0 Å². The lowest BCUT2D eigenvalue weighted by Gasteiger charge is -2.31. The van der Waals surface area contributed by atoms with Crippen LogP contribution in [-0.2, 0) is 4.79 Å². The largest absolute Gasteiger partial charge is 0.497 e. The van der Waals surface area contributed by atoms with Crippen molar-refractivity contribution >= 4 is 29.3 Å². The van der Waals surface area contributed by atoms with E-state index in [0.29, 0.717) is 31.5 Å². The smallest absolute Gasteiger partial charge is 0.253 e. The average Bonchev–Trinajstić information content (AvgIpc) is 2.85. The molecule has 6 heteroatoms. The summed E-state index contributed by atoms with van der Waals surface area (Å²) in [5.74, 6) is 0.631. The van der Waals surface area contributed by atoms with Crippen LogP contribution in [0.2, 0.25) is 0 Å². The third-order valence-electron chi connectivity index (χ3n) is 5.61. The molecule has 4 rings (SSSR count). The zero-order valence-electron chi connectivity index (χ0n) is 18.0. The van der Waals surface area contributed by atoms with Gasteiger partial charge >= 0.3 is 0 Å². The van der Waals surface area contributed by atoms with Crippen molar-refractivity contribution in [2.75, 3.05) is 25.5 Å². The molecule has 0 aromatic heterocycles. The van der Waals surface area contributed by atoms with E-state index in [2.05, 4.69) is 17.4 Å². The minimum absolute atomic E-state index is 0.00359. The molecule has 1 fully saturated rings. The van der Waals surface area contributed by atoms with Crippen LogP contribution < -0.4 is 10.1 Å². The Balaban J connectivity index is 1.34. The van der Waals surface area contributed by atoms with E-state index in [1.807, 2.05) is 47.4 Å².